The highest BCUT2D eigenvalue weighted by Crippen LogP contribution is 2.23. The van der Waals surface area contributed by atoms with Crippen LogP contribution in [0.25, 0.3) is 0 Å². The summed E-state index contributed by atoms with van der Waals surface area (Å²) in [6.45, 7) is 5.59. The number of aromatic nitrogens is 2. The SMILES string of the molecule is Cn1nc(C(C)(C)C)cc1C(=O)NC(CC(F)(F)F)C(=O)O. The first-order valence-electron chi connectivity index (χ1n) is 6.46. The molecule has 0 fully saturated rings. The predicted octanol–water partition coefficient (Wildman–Crippen LogP) is 1.85. The van der Waals surface area contributed by atoms with E-state index in [9.17, 15) is 22.8 Å². The Balaban J connectivity index is 2.96. The number of hydrogen-bond donors (Lipinski definition) is 2. The molecule has 1 aromatic rings. The zero-order chi connectivity index (χ0) is 17.3. The van der Waals surface area contributed by atoms with Crippen LogP contribution in [0.15, 0.2) is 6.07 Å². The molecule has 6 nitrogen and oxygen atoms in total. The summed E-state index contributed by atoms with van der Waals surface area (Å²) in [4.78, 5) is 22.9. The smallest absolute Gasteiger partial charge is 0.391 e. The molecule has 0 aliphatic rings. The maximum atomic E-state index is 12.3. The summed E-state index contributed by atoms with van der Waals surface area (Å²) in [6, 6.07) is -0.609. The van der Waals surface area contributed by atoms with Gasteiger partial charge < -0.3 is 10.4 Å². The molecule has 0 radical (unpaired) electrons. The number of carboxylic acids is 1. The second-order valence-electron chi connectivity index (χ2n) is 5.97. The Bertz CT molecular complexity index is 573. The van der Waals surface area contributed by atoms with Crippen LogP contribution in [0.3, 0.4) is 0 Å². The molecule has 9 heteroatoms. The summed E-state index contributed by atoms with van der Waals surface area (Å²) in [7, 11) is 1.46. The Kier molecular flexibility index (Phi) is 4.89. The molecule has 1 aromatic heterocycles. The van der Waals surface area contributed by atoms with Gasteiger partial charge in [0.25, 0.3) is 5.91 Å². The minimum absolute atomic E-state index is 0.00153. The number of carbonyl (C=O) groups excluding carboxylic acids is 1. The van der Waals surface area contributed by atoms with Crippen molar-refractivity contribution in [2.75, 3.05) is 0 Å². The predicted molar refractivity (Wildman–Crippen MR) is 71.5 cm³/mol. The van der Waals surface area contributed by atoms with Gasteiger partial charge >= 0.3 is 12.1 Å². The number of rotatable bonds is 4. The lowest BCUT2D eigenvalue weighted by Gasteiger charge is -2.16. The number of carboxylic acid groups (broad SMARTS) is 1. The molecule has 0 aromatic carbocycles. The monoisotopic (exact) mass is 321 g/mol. The van der Waals surface area contributed by atoms with E-state index in [2.05, 4.69) is 5.10 Å². The van der Waals surface area contributed by atoms with Crippen molar-refractivity contribution in [3.63, 3.8) is 0 Å². The van der Waals surface area contributed by atoms with Crippen LogP contribution in [-0.2, 0) is 17.3 Å². The fraction of sp³-hybridized carbons (Fsp3) is 0.615. The van der Waals surface area contributed by atoms with Crippen LogP contribution in [0.4, 0.5) is 13.2 Å². The van der Waals surface area contributed by atoms with Gasteiger partial charge in [-0.25, -0.2) is 4.79 Å². The number of aliphatic carboxylic acids is 1. The van der Waals surface area contributed by atoms with Gasteiger partial charge in [0.15, 0.2) is 0 Å². The van der Waals surface area contributed by atoms with Crippen molar-refractivity contribution < 1.29 is 27.9 Å². The number of carbonyl (C=O) groups is 2. The summed E-state index contributed by atoms with van der Waals surface area (Å²) < 4.78 is 38.2. The highest BCUT2D eigenvalue weighted by atomic mass is 19.4. The third-order valence-electron chi connectivity index (χ3n) is 2.92. The van der Waals surface area contributed by atoms with Crippen LogP contribution in [0, 0.1) is 0 Å². The van der Waals surface area contributed by atoms with Crippen molar-refractivity contribution in [1.29, 1.82) is 0 Å². The highest BCUT2D eigenvalue weighted by Gasteiger charge is 2.36. The van der Waals surface area contributed by atoms with E-state index in [1.807, 2.05) is 26.1 Å². The van der Waals surface area contributed by atoms with Crippen molar-refractivity contribution in [1.82, 2.24) is 15.1 Å². The molecule has 1 amide bonds. The van der Waals surface area contributed by atoms with Crippen LogP contribution in [0.2, 0.25) is 0 Å². The zero-order valence-corrected chi connectivity index (χ0v) is 12.7. The summed E-state index contributed by atoms with van der Waals surface area (Å²) in [5, 5.41) is 14.8. The second kappa shape index (κ2) is 5.98. The Morgan fingerprint density at radius 2 is 1.91 bits per heavy atom. The average Bonchev–Trinajstić information content (AvgIpc) is 2.68. The van der Waals surface area contributed by atoms with Crippen molar-refractivity contribution in [2.45, 2.75) is 44.8 Å². The summed E-state index contributed by atoms with van der Waals surface area (Å²) >= 11 is 0. The molecule has 0 saturated carbocycles. The van der Waals surface area contributed by atoms with Gasteiger partial charge in [0.2, 0.25) is 0 Å². The molecule has 124 valence electrons. The summed E-state index contributed by atoms with van der Waals surface area (Å²) in [5.74, 6) is -2.66. The van der Waals surface area contributed by atoms with Crippen molar-refractivity contribution >= 4 is 11.9 Å². The summed E-state index contributed by atoms with van der Waals surface area (Å²) in [5.41, 5.74) is 0.218. The first-order chi connectivity index (χ1) is 9.81. The van der Waals surface area contributed by atoms with Crippen LogP contribution in [0.5, 0.6) is 0 Å². The fourth-order valence-corrected chi connectivity index (χ4v) is 1.71. The number of nitrogens with zero attached hydrogens (tertiary/aromatic N) is 2. The van der Waals surface area contributed by atoms with Gasteiger partial charge in [-0.1, -0.05) is 20.8 Å². The van der Waals surface area contributed by atoms with Crippen molar-refractivity contribution in [3.05, 3.63) is 17.5 Å². The first-order valence-corrected chi connectivity index (χ1v) is 6.46. The molecule has 0 spiro atoms. The largest absolute Gasteiger partial charge is 0.480 e. The van der Waals surface area contributed by atoms with Crippen molar-refractivity contribution in [2.24, 2.45) is 7.05 Å². The normalized spacial score (nSPS) is 13.8. The maximum absolute atomic E-state index is 12.3. The van der Waals surface area contributed by atoms with E-state index in [0.717, 1.165) is 0 Å². The molecule has 1 rings (SSSR count). The lowest BCUT2D eigenvalue weighted by Crippen LogP contribution is -2.44. The zero-order valence-electron chi connectivity index (χ0n) is 12.7. The molecule has 0 bridgehead atoms. The Labute approximate surface area is 125 Å². The molecule has 1 atom stereocenters. The van der Waals surface area contributed by atoms with Crippen LogP contribution in [-0.4, -0.2) is 39.0 Å². The van der Waals surface area contributed by atoms with Gasteiger partial charge in [0.1, 0.15) is 11.7 Å². The summed E-state index contributed by atoms with van der Waals surface area (Å²) in [6.07, 6.45) is -6.34. The Hall–Kier alpha value is -2.06. The Morgan fingerprint density at radius 1 is 1.36 bits per heavy atom. The van der Waals surface area contributed by atoms with Gasteiger partial charge in [-0.05, 0) is 6.07 Å². The van der Waals surface area contributed by atoms with Gasteiger partial charge in [-0.2, -0.15) is 18.3 Å². The molecule has 0 aliphatic carbocycles. The minimum Gasteiger partial charge on any atom is -0.480 e. The van der Waals surface area contributed by atoms with Crippen LogP contribution < -0.4 is 5.32 Å². The van der Waals surface area contributed by atoms with E-state index < -0.39 is 30.5 Å². The van der Waals surface area contributed by atoms with E-state index in [0.29, 0.717) is 5.69 Å². The Morgan fingerprint density at radius 3 is 2.27 bits per heavy atom. The number of halogens is 3. The molecular formula is C13H18F3N3O3. The quantitative estimate of drug-likeness (QED) is 0.886. The van der Waals surface area contributed by atoms with E-state index in [4.69, 9.17) is 5.11 Å². The van der Waals surface area contributed by atoms with Crippen molar-refractivity contribution in [3.8, 4) is 0 Å². The second-order valence-corrected chi connectivity index (χ2v) is 5.97. The lowest BCUT2D eigenvalue weighted by atomic mass is 9.92. The highest BCUT2D eigenvalue weighted by molar-refractivity contribution is 5.95. The van der Waals surface area contributed by atoms with Gasteiger partial charge in [-0.15, -0.1) is 0 Å². The van der Waals surface area contributed by atoms with E-state index in [1.54, 1.807) is 0 Å². The molecule has 1 heterocycles. The molecule has 1 unspecified atom stereocenters. The first kappa shape index (κ1) is 18.0. The average molecular weight is 321 g/mol. The fourth-order valence-electron chi connectivity index (χ4n) is 1.71. The molecule has 22 heavy (non-hydrogen) atoms. The molecule has 0 aliphatic heterocycles. The lowest BCUT2D eigenvalue weighted by molar-refractivity contribution is -0.157. The number of aryl methyl sites for hydroxylation is 1. The van der Waals surface area contributed by atoms with E-state index in [1.165, 1.54) is 17.8 Å². The molecular weight excluding hydrogens is 303 g/mol. The van der Waals surface area contributed by atoms with E-state index >= 15 is 0 Å². The van der Waals surface area contributed by atoms with E-state index in [-0.39, 0.29) is 11.1 Å². The molecule has 2 N–H and O–H groups in total. The van der Waals surface area contributed by atoms with Crippen LogP contribution >= 0.6 is 0 Å². The molecule has 0 saturated heterocycles. The topological polar surface area (TPSA) is 84.2 Å². The third kappa shape index (κ3) is 4.74. The number of hydrogen-bond acceptors (Lipinski definition) is 3. The number of nitrogens with one attached hydrogen (secondary N) is 1. The van der Waals surface area contributed by atoms with Crippen LogP contribution in [0.1, 0.15) is 43.4 Å². The minimum atomic E-state index is -4.70. The maximum Gasteiger partial charge on any atom is 0.391 e. The van der Waals surface area contributed by atoms with Gasteiger partial charge in [-0.3, -0.25) is 9.48 Å². The van der Waals surface area contributed by atoms with Gasteiger partial charge in [0.05, 0.1) is 12.1 Å². The van der Waals surface area contributed by atoms with Gasteiger partial charge in [0, 0.05) is 12.5 Å². The number of amides is 1. The number of alkyl halides is 3. The third-order valence-corrected chi connectivity index (χ3v) is 2.92. The standard InChI is InChI=1S/C13H18F3N3O3/c1-12(2,3)9-5-8(19(4)18-9)10(20)17-7(11(21)22)6-13(14,15)16/h5,7H,6H2,1-4H3,(H,17,20)(H,21,22).